The lowest BCUT2D eigenvalue weighted by atomic mass is 10.1. The Balaban J connectivity index is 1.45. The lowest BCUT2D eigenvalue weighted by Gasteiger charge is -2.35. The summed E-state index contributed by atoms with van der Waals surface area (Å²) in [7, 11) is 0. The molecule has 0 aliphatic carbocycles. The van der Waals surface area contributed by atoms with Crippen LogP contribution in [0.3, 0.4) is 0 Å². The van der Waals surface area contributed by atoms with E-state index in [9.17, 15) is 14.3 Å². The highest BCUT2D eigenvalue weighted by Gasteiger charge is 2.21. The van der Waals surface area contributed by atoms with Crippen LogP contribution < -0.4 is 5.32 Å². The van der Waals surface area contributed by atoms with E-state index < -0.39 is 11.7 Å². The highest BCUT2D eigenvalue weighted by Crippen LogP contribution is 2.20. The average molecular weight is 439 g/mol. The van der Waals surface area contributed by atoms with E-state index in [-0.39, 0.29) is 16.8 Å². The normalized spacial score (nSPS) is 16.5. The average Bonchev–Trinajstić information content (AvgIpc) is 3.19. The SMILES string of the molecule is CCCC[C@H](O)CN1CCN(Cc2nc(C(=O)Nc3ccc(F)c(Cl)c3)co2)CC1. The summed E-state index contributed by atoms with van der Waals surface area (Å²) in [5, 5.41) is 12.6. The minimum atomic E-state index is -0.547. The van der Waals surface area contributed by atoms with Gasteiger partial charge in [-0.15, -0.1) is 0 Å². The number of halogens is 2. The highest BCUT2D eigenvalue weighted by atomic mass is 35.5. The van der Waals surface area contributed by atoms with Crippen molar-refractivity contribution in [1.29, 1.82) is 0 Å². The number of carbonyl (C=O) groups excluding carboxylic acids is 1. The molecule has 0 saturated carbocycles. The number of nitrogens with one attached hydrogen (secondary N) is 1. The van der Waals surface area contributed by atoms with Crippen molar-refractivity contribution >= 4 is 23.2 Å². The van der Waals surface area contributed by atoms with Gasteiger partial charge in [-0.25, -0.2) is 9.37 Å². The zero-order chi connectivity index (χ0) is 21.5. The molecule has 1 aliphatic heterocycles. The summed E-state index contributed by atoms with van der Waals surface area (Å²) in [6.45, 7) is 6.80. The summed E-state index contributed by atoms with van der Waals surface area (Å²) >= 11 is 5.73. The van der Waals surface area contributed by atoms with E-state index in [0.29, 0.717) is 24.7 Å². The van der Waals surface area contributed by atoms with Gasteiger partial charge in [0, 0.05) is 38.4 Å². The third-order valence-corrected chi connectivity index (χ3v) is 5.44. The number of anilines is 1. The minimum absolute atomic E-state index is 0.0642. The van der Waals surface area contributed by atoms with Crippen molar-refractivity contribution in [2.75, 3.05) is 38.0 Å². The topological polar surface area (TPSA) is 81.8 Å². The van der Waals surface area contributed by atoms with Crippen molar-refractivity contribution in [3.05, 3.63) is 46.9 Å². The Bertz CT molecular complexity index is 839. The zero-order valence-corrected chi connectivity index (χ0v) is 17.9. The molecule has 2 N–H and O–H groups in total. The molecule has 1 aliphatic rings. The van der Waals surface area contributed by atoms with Gasteiger partial charge in [-0.05, 0) is 24.6 Å². The second-order valence-electron chi connectivity index (χ2n) is 7.58. The van der Waals surface area contributed by atoms with Crippen LogP contribution in [-0.4, -0.2) is 64.6 Å². The van der Waals surface area contributed by atoms with Crippen LogP contribution in [0.1, 0.15) is 42.6 Å². The first-order valence-corrected chi connectivity index (χ1v) is 10.7. The number of amides is 1. The molecule has 3 rings (SSSR count). The Morgan fingerprint density at radius 1 is 1.33 bits per heavy atom. The van der Waals surface area contributed by atoms with Crippen molar-refractivity contribution < 1.29 is 18.7 Å². The summed E-state index contributed by atoms with van der Waals surface area (Å²) in [5.74, 6) is -0.527. The third-order valence-electron chi connectivity index (χ3n) is 5.15. The van der Waals surface area contributed by atoms with E-state index in [4.69, 9.17) is 16.0 Å². The molecular formula is C21H28ClFN4O3. The van der Waals surface area contributed by atoms with Crippen LogP contribution >= 0.6 is 11.6 Å². The van der Waals surface area contributed by atoms with Gasteiger partial charge in [-0.2, -0.15) is 0 Å². The van der Waals surface area contributed by atoms with Crippen LogP contribution in [-0.2, 0) is 6.54 Å². The van der Waals surface area contributed by atoms with Gasteiger partial charge < -0.3 is 14.8 Å². The molecule has 1 aromatic carbocycles. The molecule has 0 unspecified atom stereocenters. The third kappa shape index (κ3) is 6.50. The number of aliphatic hydroxyl groups excluding tert-OH is 1. The van der Waals surface area contributed by atoms with E-state index in [1.807, 2.05) is 0 Å². The molecule has 1 saturated heterocycles. The number of hydrogen-bond donors (Lipinski definition) is 2. The number of carbonyl (C=O) groups is 1. The predicted molar refractivity (Wildman–Crippen MR) is 113 cm³/mol. The Labute approximate surface area is 180 Å². The van der Waals surface area contributed by atoms with Gasteiger partial charge >= 0.3 is 0 Å². The highest BCUT2D eigenvalue weighted by molar-refractivity contribution is 6.31. The second kappa shape index (κ2) is 10.9. The number of aromatic nitrogens is 1. The number of piperazine rings is 1. The van der Waals surface area contributed by atoms with Crippen LogP contribution in [0.25, 0.3) is 0 Å². The maximum Gasteiger partial charge on any atom is 0.277 e. The standard InChI is InChI=1S/C21H28ClFN4O3/c1-2-3-4-16(28)12-26-7-9-27(10-8-26)13-20-25-19(14-30-20)21(29)24-15-5-6-18(23)17(22)11-15/h5-6,11,14,16,28H,2-4,7-10,12-13H2,1H3,(H,24,29)/t16-/m0/s1. The van der Waals surface area contributed by atoms with E-state index in [0.717, 1.165) is 45.4 Å². The fraction of sp³-hybridized carbons (Fsp3) is 0.524. The number of hydrogen-bond acceptors (Lipinski definition) is 6. The van der Waals surface area contributed by atoms with Gasteiger partial charge in [0.1, 0.15) is 12.1 Å². The molecule has 2 heterocycles. The smallest absolute Gasteiger partial charge is 0.277 e. The number of β-amino-alcohol motifs (C(OH)–C–C–N with tert-alkyl or cyclic N) is 1. The van der Waals surface area contributed by atoms with Gasteiger partial charge in [0.15, 0.2) is 5.69 Å². The quantitative estimate of drug-likeness (QED) is 0.624. The Hall–Kier alpha value is -2.00. The van der Waals surface area contributed by atoms with E-state index in [1.54, 1.807) is 0 Å². The van der Waals surface area contributed by atoms with Crippen LogP contribution in [0.5, 0.6) is 0 Å². The molecule has 1 fully saturated rings. The van der Waals surface area contributed by atoms with E-state index >= 15 is 0 Å². The fourth-order valence-electron chi connectivity index (χ4n) is 3.41. The van der Waals surface area contributed by atoms with Gasteiger partial charge in [0.2, 0.25) is 5.89 Å². The van der Waals surface area contributed by atoms with E-state index in [1.165, 1.54) is 24.5 Å². The molecule has 0 radical (unpaired) electrons. The maximum absolute atomic E-state index is 13.2. The monoisotopic (exact) mass is 438 g/mol. The molecular weight excluding hydrogens is 411 g/mol. The van der Waals surface area contributed by atoms with Crippen LogP contribution in [0, 0.1) is 5.82 Å². The molecule has 9 heteroatoms. The molecule has 0 bridgehead atoms. The molecule has 2 aromatic rings. The van der Waals surface area contributed by atoms with Crippen LogP contribution in [0.4, 0.5) is 10.1 Å². The number of nitrogens with zero attached hydrogens (tertiary/aromatic N) is 3. The molecule has 7 nitrogen and oxygen atoms in total. The van der Waals surface area contributed by atoms with Crippen molar-refractivity contribution in [2.45, 2.75) is 38.8 Å². The van der Waals surface area contributed by atoms with Crippen LogP contribution in [0.2, 0.25) is 5.02 Å². The summed E-state index contributed by atoms with van der Waals surface area (Å²) < 4.78 is 18.7. The van der Waals surface area contributed by atoms with Gasteiger partial charge in [0.25, 0.3) is 5.91 Å². The zero-order valence-electron chi connectivity index (χ0n) is 17.1. The van der Waals surface area contributed by atoms with Gasteiger partial charge in [-0.3, -0.25) is 14.6 Å². The molecule has 30 heavy (non-hydrogen) atoms. The minimum Gasteiger partial charge on any atom is -0.447 e. The molecule has 1 atom stereocenters. The molecule has 164 valence electrons. The van der Waals surface area contributed by atoms with Crippen molar-refractivity contribution in [3.8, 4) is 0 Å². The van der Waals surface area contributed by atoms with Crippen LogP contribution in [0.15, 0.2) is 28.9 Å². The molecule has 1 aromatic heterocycles. The number of rotatable bonds is 9. The lowest BCUT2D eigenvalue weighted by molar-refractivity contribution is 0.0627. The van der Waals surface area contributed by atoms with Gasteiger partial charge in [0.05, 0.1) is 17.7 Å². The summed E-state index contributed by atoms with van der Waals surface area (Å²) in [4.78, 5) is 21.1. The Morgan fingerprint density at radius 2 is 2.07 bits per heavy atom. The lowest BCUT2D eigenvalue weighted by Crippen LogP contribution is -2.48. The molecule has 0 spiro atoms. The largest absolute Gasteiger partial charge is 0.447 e. The Morgan fingerprint density at radius 3 is 2.77 bits per heavy atom. The van der Waals surface area contributed by atoms with Crippen molar-refractivity contribution in [3.63, 3.8) is 0 Å². The number of benzene rings is 1. The van der Waals surface area contributed by atoms with E-state index in [2.05, 4.69) is 27.0 Å². The molecule has 1 amide bonds. The first-order valence-electron chi connectivity index (χ1n) is 10.3. The summed E-state index contributed by atoms with van der Waals surface area (Å²) in [5.41, 5.74) is 0.538. The predicted octanol–water partition coefficient (Wildman–Crippen LogP) is 3.39. The number of aliphatic hydroxyl groups is 1. The number of oxazole rings is 1. The summed E-state index contributed by atoms with van der Waals surface area (Å²) in [6, 6.07) is 3.96. The maximum atomic E-state index is 13.2. The van der Waals surface area contributed by atoms with Crippen molar-refractivity contribution in [2.24, 2.45) is 0 Å². The Kier molecular flexibility index (Phi) is 8.21. The first-order chi connectivity index (χ1) is 14.4. The van der Waals surface area contributed by atoms with Gasteiger partial charge in [-0.1, -0.05) is 31.4 Å². The fourth-order valence-corrected chi connectivity index (χ4v) is 3.59. The second-order valence-corrected chi connectivity index (χ2v) is 7.99. The number of unbranched alkanes of at least 4 members (excludes halogenated alkanes) is 1. The first kappa shape index (κ1) is 22.7. The summed E-state index contributed by atoms with van der Waals surface area (Å²) in [6.07, 6.45) is 4.05. The van der Waals surface area contributed by atoms with Crippen molar-refractivity contribution in [1.82, 2.24) is 14.8 Å².